The van der Waals surface area contributed by atoms with E-state index >= 15 is 0 Å². The van der Waals surface area contributed by atoms with E-state index in [1.807, 2.05) is 0 Å². The number of methoxy groups -OCH3 is 1. The smallest absolute Gasteiger partial charge is 0.218 e. The molecule has 1 aliphatic heterocycles. The standard InChI is InChI=1S/C13H18N2O3S2/c1-18-12-6-7-15(8-12)20(16,17)9-10-2-4-11(5-3-10)13(14)19/h2-5,12H,6-9H2,1H3,(H2,14,19). The van der Waals surface area contributed by atoms with E-state index in [9.17, 15) is 8.42 Å². The van der Waals surface area contributed by atoms with E-state index in [1.165, 1.54) is 4.31 Å². The molecule has 0 spiro atoms. The average molecular weight is 314 g/mol. The van der Waals surface area contributed by atoms with Gasteiger partial charge in [0.1, 0.15) is 4.99 Å². The third-order valence-corrected chi connectivity index (χ3v) is 5.47. The molecule has 0 aromatic heterocycles. The molecule has 1 aromatic rings. The number of hydrogen-bond donors (Lipinski definition) is 1. The summed E-state index contributed by atoms with van der Waals surface area (Å²) in [6, 6.07) is 6.98. The molecule has 1 aliphatic rings. The fourth-order valence-corrected chi connectivity index (χ4v) is 3.92. The summed E-state index contributed by atoms with van der Waals surface area (Å²) in [4.78, 5) is 0.307. The van der Waals surface area contributed by atoms with Crippen molar-refractivity contribution in [1.82, 2.24) is 4.31 Å². The number of hydrogen-bond acceptors (Lipinski definition) is 4. The molecule has 0 amide bonds. The van der Waals surface area contributed by atoms with Crippen LogP contribution in [-0.2, 0) is 20.5 Å². The van der Waals surface area contributed by atoms with Crippen LogP contribution in [0.4, 0.5) is 0 Å². The van der Waals surface area contributed by atoms with Gasteiger partial charge in [0.15, 0.2) is 0 Å². The Balaban J connectivity index is 2.06. The third-order valence-electron chi connectivity index (χ3n) is 3.42. The van der Waals surface area contributed by atoms with Crippen molar-refractivity contribution in [3.8, 4) is 0 Å². The highest BCUT2D eigenvalue weighted by Crippen LogP contribution is 2.19. The third kappa shape index (κ3) is 3.54. The summed E-state index contributed by atoms with van der Waals surface area (Å²) in [5.41, 5.74) is 6.98. The van der Waals surface area contributed by atoms with Crippen LogP contribution in [0.2, 0.25) is 0 Å². The van der Waals surface area contributed by atoms with Crippen molar-refractivity contribution in [1.29, 1.82) is 0 Å². The molecule has 0 saturated carbocycles. The van der Waals surface area contributed by atoms with Crippen LogP contribution < -0.4 is 5.73 Å². The van der Waals surface area contributed by atoms with Gasteiger partial charge in [-0.2, -0.15) is 4.31 Å². The van der Waals surface area contributed by atoms with Crippen molar-refractivity contribution in [2.24, 2.45) is 5.73 Å². The second-order valence-electron chi connectivity index (χ2n) is 4.82. The van der Waals surface area contributed by atoms with Gasteiger partial charge in [0.25, 0.3) is 0 Å². The Labute approximate surface area is 124 Å². The molecule has 1 fully saturated rings. The molecular weight excluding hydrogens is 296 g/mol. The predicted octanol–water partition coefficient (Wildman–Crippen LogP) is 0.871. The number of rotatable bonds is 5. The van der Waals surface area contributed by atoms with Crippen LogP contribution in [0, 0.1) is 0 Å². The van der Waals surface area contributed by atoms with Gasteiger partial charge in [-0.05, 0) is 12.0 Å². The van der Waals surface area contributed by atoms with Crippen LogP contribution in [0.5, 0.6) is 0 Å². The number of benzene rings is 1. The second kappa shape index (κ2) is 6.17. The molecule has 1 unspecified atom stereocenters. The largest absolute Gasteiger partial charge is 0.389 e. The minimum absolute atomic E-state index is 0.00163. The molecule has 7 heteroatoms. The van der Waals surface area contributed by atoms with E-state index in [0.29, 0.717) is 18.1 Å². The molecule has 1 aromatic carbocycles. The molecule has 2 rings (SSSR count). The van der Waals surface area contributed by atoms with Gasteiger partial charge in [0.05, 0.1) is 11.9 Å². The molecule has 110 valence electrons. The minimum atomic E-state index is -3.30. The molecular formula is C13H18N2O3S2. The lowest BCUT2D eigenvalue weighted by Crippen LogP contribution is -2.31. The second-order valence-corrected chi connectivity index (χ2v) is 7.23. The van der Waals surface area contributed by atoms with E-state index < -0.39 is 10.0 Å². The maximum absolute atomic E-state index is 12.3. The Morgan fingerprint density at radius 3 is 2.60 bits per heavy atom. The minimum Gasteiger partial charge on any atom is -0.389 e. The fraction of sp³-hybridized carbons (Fsp3) is 0.462. The zero-order chi connectivity index (χ0) is 14.8. The van der Waals surface area contributed by atoms with Gasteiger partial charge in [-0.3, -0.25) is 0 Å². The van der Waals surface area contributed by atoms with E-state index in [1.54, 1.807) is 31.4 Å². The van der Waals surface area contributed by atoms with Crippen molar-refractivity contribution < 1.29 is 13.2 Å². The number of sulfonamides is 1. The van der Waals surface area contributed by atoms with Gasteiger partial charge in [-0.15, -0.1) is 0 Å². The predicted molar refractivity (Wildman–Crippen MR) is 81.9 cm³/mol. The molecule has 20 heavy (non-hydrogen) atoms. The van der Waals surface area contributed by atoms with Crippen molar-refractivity contribution in [2.45, 2.75) is 18.3 Å². The summed E-state index contributed by atoms with van der Waals surface area (Å²) in [5.74, 6) is -0.0128. The SMILES string of the molecule is COC1CCN(S(=O)(=O)Cc2ccc(C(N)=S)cc2)C1. The van der Waals surface area contributed by atoms with Gasteiger partial charge < -0.3 is 10.5 Å². The molecule has 0 bridgehead atoms. The number of ether oxygens (including phenoxy) is 1. The fourth-order valence-electron chi connectivity index (χ4n) is 2.21. The van der Waals surface area contributed by atoms with Crippen LogP contribution in [0.3, 0.4) is 0 Å². The molecule has 5 nitrogen and oxygen atoms in total. The maximum Gasteiger partial charge on any atom is 0.218 e. The first-order valence-electron chi connectivity index (χ1n) is 6.32. The summed E-state index contributed by atoms with van der Waals surface area (Å²) < 4.78 is 31.3. The van der Waals surface area contributed by atoms with Crippen LogP contribution in [0.1, 0.15) is 17.5 Å². The van der Waals surface area contributed by atoms with Crippen LogP contribution in [0.25, 0.3) is 0 Å². The van der Waals surface area contributed by atoms with Crippen molar-refractivity contribution in [3.63, 3.8) is 0 Å². The zero-order valence-corrected chi connectivity index (χ0v) is 12.9. The molecule has 0 radical (unpaired) electrons. The monoisotopic (exact) mass is 314 g/mol. The highest BCUT2D eigenvalue weighted by atomic mass is 32.2. The van der Waals surface area contributed by atoms with E-state index in [-0.39, 0.29) is 11.9 Å². The van der Waals surface area contributed by atoms with Crippen LogP contribution in [0.15, 0.2) is 24.3 Å². The van der Waals surface area contributed by atoms with Gasteiger partial charge in [0.2, 0.25) is 10.0 Å². The highest BCUT2D eigenvalue weighted by Gasteiger charge is 2.31. The summed E-state index contributed by atoms with van der Waals surface area (Å²) in [6.07, 6.45) is 0.748. The summed E-state index contributed by atoms with van der Waals surface area (Å²) in [5, 5.41) is 0. The number of nitrogens with two attached hydrogens (primary N) is 1. The van der Waals surface area contributed by atoms with Crippen molar-refractivity contribution in [2.75, 3.05) is 20.2 Å². The molecule has 2 N–H and O–H groups in total. The quantitative estimate of drug-likeness (QED) is 0.817. The average Bonchev–Trinajstić information content (AvgIpc) is 2.88. The lowest BCUT2D eigenvalue weighted by Gasteiger charge is -2.16. The maximum atomic E-state index is 12.3. The Hall–Kier alpha value is -1.02. The zero-order valence-electron chi connectivity index (χ0n) is 11.3. The Bertz CT molecular complexity index is 584. The Morgan fingerprint density at radius 2 is 2.10 bits per heavy atom. The molecule has 1 saturated heterocycles. The number of nitrogens with zero attached hydrogens (tertiary/aromatic N) is 1. The molecule has 0 aliphatic carbocycles. The first-order valence-corrected chi connectivity index (χ1v) is 8.33. The summed E-state index contributed by atoms with van der Waals surface area (Å²) in [7, 11) is -1.69. The lowest BCUT2D eigenvalue weighted by molar-refractivity contribution is 0.115. The van der Waals surface area contributed by atoms with E-state index in [2.05, 4.69) is 0 Å². The lowest BCUT2D eigenvalue weighted by atomic mass is 10.1. The summed E-state index contributed by atoms with van der Waals surface area (Å²) >= 11 is 4.87. The van der Waals surface area contributed by atoms with Gasteiger partial charge in [-0.25, -0.2) is 8.42 Å². The van der Waals surface area contributed by atoms with Crippen molar-refractivity contribution >= 4 is 27.2 Å². The van der Waals surface area contributed by atoms with Crippen LogP contribution in [-0.4, -0.2) is 44.0 Å². The van der Waals surface area contributed by atoms with Gasteiger partial charge in [0, 0.05) is 25.8 Å². The Kier molecular flexibility index (Phi) is 4.74. The highest BCUT2D eigenvalue weighted by molar-refractivity contribution is 7.88. The van der Waals surface area contributed by atoms with Gasteiger partial charge in [-0.1, -0.05) is 36.5 Å². The topological polar surface area (TPSA) is 72.6 Å². The molecule has 1 heterocycles. The van der Waals surface area contributed by atoms with E-state index in [4.69, 9.17) is 22.7 Å². The van der Waals surface area contributed by atoms with E-state index in [0.717, 1.165) is 17.5 Å². The van der Waals surface area contributed by atoms with Crippen LogP contribution >= 0.6 is 12.2 Å². The van der Waals surface area contributed by atoms with Crippen molar-refractivity contribution in [3.05, 3.63) is 35.4 Å². The normalized spacial score (nSPS) is 20.1. The first kappa shape index (κ1) is 15.4. The summed E-state index contributed by atoms with van der Waals surface area (Å²) in [6.45, 7) is 0.954. The molecule has 1 atom stereocenters. The van der Waals surface area contributed by atoms with Gasteiger partial charge >= 0.3 is 0 Å². The first-order chi connectivity index (χ1) is 9.42. The Morgan fingerprint density at radius 1 is 1.45 bits per heavy atom. The number of thiocarbonyl (C=S) groups is 1.